The van der Waals surface area contributed by atoms with Crippen LogP contribution in [-0.4, -0.2) is 45.6 Å². The number of benzene rings is 2. The van der Waals surface area contributed by atoms with Crippen molar-refractivity contribution >= 4 is 40.9 Å². The quantitative estimate of drug-likeness (QED) is 0.442. The molecule has 2 aromatic rings. The van der Waals surface area contributed by atoms with Crippen molar-refractivity contribution < 1.29 is 28.5 Å². The maximum absolute atomic E-state index is 12.1. The van der Waals surface area contributed by atoms with Crippen LogP contribution in [0.3, 0.4) is 0 Å². The molecule has 0 aliphatic heterocycles. The highest BCUT2D eigenvalue weighted by Crippen LogP contribution is 2.39. The molecule has 2 rings (SSSR count). The van der Waals surface area contributed by atoms with E-state index in [2.05, 4.69) is 5.32 Å². The monoisotopic (exact) mass is 439 g/mol. The average Bonchev–Trinajstić information content (AvgIpc) is 2.72. The Balaban J connectivity index is 1.82. The van der Waals surface area contributed by atoms with Crippen molar-refractivity contribution in [3.05, 3.63) is 41.4 Å². The molecule has 0 atom stereocenters. The smallest absolute Gasteiger partial charge is 0.307 e. The molecule has 0 heterocycles. The van der Waals surface area contributed by atoms with Crippen LogP contribution >= 0.6 is 23.4 Å². The van der Waals surface area contributed by atoms with Crippen LogP contribution in [0.2, 0.25) is 5.02 Å². The van der Waals surface area contributed by atoms with E-state index < -0.39 is 18.5 Å². The van der Waals surface area contributed by atoms with Crippen LogP contribution < -0.4 is 19.5 Å². The van der Waals surface area contributed by atoms with E-state index in [4.69, 9.17) is 30.5 Å². The first-order chi connectivity index (χ1) is 14.0. The SMILES string of the molecule is COc1cc(NC(=O)COC(=O)CCSc2ccccc2Cl)cc(OC)c1OC. The first-order valence-electron chi connectivity index (χ1n) is 8.61. The number of hydrogen-bond acceptors (Lipinski definition) is 7. The minimum absolute atomic E-state index is 0.160. The van der Waals surface area contributed by atoms with Crippen LogP contribution in [0.25, 0.3) is 0 Å². The first-order valence-corrected chi connectivity index (χ1v) is 9.97. The number of anilines is 1. The summed E-state index contributed by atoms with van der Waals surface area (Å²) in [6, 6.07) is 10.6. The molecule has 0 aromatic heterocycles. The van der Waals surface area contributed by atoms with Gasteiger partial charge in [-0.3, -0.25) is 9.59 Å². The largest absolute Gasteiger partial charge is 0.493 e. The van der Waals surface area contributed by atoms with Crippen LogP contribution in [0.1, 0.15) is 6.42 Å². The van der Waals surface area contributed by atoms with Gasteiger partial charge in [0, 0.05) is 28.5 Å². The molecule has 0 saturated heterocycles. The summed E-state index contributed by atoms with van der Waals surface area (Å²) in [7, 11) is 4.44. The summed E-state index contributed by atoms with van der Waals surface area (Å²) in [6.45, 7) is -0.397. The van der Waals surface area contributed by atoms with Crippen molar-refractivity contribution in [2.24, 2.45) is 0 Å². The number of hydrogen-bond donors (Lipinski definition) is 1. The average molecular weight is 440 g/mol. The minimum Gasteiger partial charge on any atom is -0.493 e. The lowest BCUT2D eigenvalue weighted by Crippen LogP contribution is -2.21. The summed E-state index contributed by atoms with van der Waals surface area (Å²) in [5.41, 5.74) is 0.426. The molecule has 1 N–H and O–H groups in total. The van der Waals surface area contributed by atoms with E-state index in [9.17, 15) is 9.59 Å². The molecule has 7 nitrogen and oxygen atoms in total. The molecule has 0 spiro atoms. The standard InChI is InChI=1S/C20H22ClNO6S/c1-25-15-10-13(11-16(26-2)20(15)27-3)22-18(23)12-28-19(24)8-9-29-17-7-5-4-6-14(17)21/h4-7,10-11H,8-9,12H2,1-3H3,(H,22,23). The number of esters is 1. The lowest BCUT2D eigenvalue weighted by Gasteiger charge is -2.14. The predicted octanol–water partition coefficient (Wildman–Crippen LogP) is 4.03. The van der Waals surface area contributed by atoms with Gasteiger partial charge in [-0.15, -0.1) is 11.8 Å². The molecule has 1 amide bonds. The Bertz CT molecular complexity index is 836. The van der Waals surface area contributed by atoms with Crippen LogP contribution in [0, 0.1) is 0 Å². The van der Waals surface area contributed by atoms with Gasteiger partial charge in [-0.25, -0.2) is 0 Å². The highest BCUT2D eigenvalue weighted by molar-refractivity contribution is 7.99. The van der Waals surface area contributed by atoms with Crippen molar-refractivity contribution in [1.29, 1.82) is 0 Å². The summed E-state index contributed by atoms with van der Waals surface area (Å²) in [5.74, 6) is 0.759. The maximum atomic E-state index is 12.1. The number of ether oxygens (including phenoxy) is 4. The molecular weight excluding hydrogens is 418 g/mol. The molecule has 9 heteroatoms. The van der Waals surface area contributed by atoms with E-state index in [0.717, 1.165) is 4.90 Å². The minimum atomic E-state index is -0.480. The Morgan fingerprint density at radius 1 is 1.03 bits per heavy atom. The second kappa shape index (κ2) is 11.4. The summed E-state index contributed by atoms with van der Waals surface area (Å²) in [5, 5.41) is 3.27. The van der Waals surface area contributed by atoms with Gasteiger partial charge in [-0.05, 0) is 12.1 Å². The fourth-order valence-corrected chi connectivity index (χ4v) is 3.54. The molecule has 156 valence electrons. The zero-order chi connectivity index (χ0) is 21.2. The van der Waals surface area contributed by atoms with Crippen molar-refractivity contribution in [1.82, 2.24) is 0 Å². The summed E-state index contributed by atoms with van der Waals surface area (Å²) >= 11 is 7.52. The van der Waals surface area contributed by atoms with Crippen LogP contribution in [0.5, 0.6) is 17.2 Å². The summed E-state index contributed by atoms with van der Waals surface area (Å²) < 4.78 is 20.7. The molecule has 0 saturated carbocycles. The number of methoxy groups -OCH3 is 3. The number of amides is 1. The third-order valence-corrected chi connectivity index (χ3v) is 5.23. The number of thioether (sulfide) groups is 1. The van der Waals surface area contributed by atoms with Crippen molar-refractivity contribution in [2.45, 2.75) is 11.3 Å². The Morgan fingerprint density at radius 2 is 1.69 bits per heavy atom. The van der Waals surface area contributed by atoms with Crippen LogP contribution in [0.4, 0.5) is 5.69 Å². The molecule has 0 aliphatic carbocycles. The fraction of sp³-hybridized carbons (Fsp3) is 0.300. The van der Waals surface area contributed by atoms with E-state index in [0.29, 0.717) is 33.7 Å². The fourth-order valence-electron chi connectivity index (χ4n) is 2.37. The molecule has 29 heavy (non-hydrogen) atoms. The normalized spacial score (nSPS) is 10.2. The van der Waals surface area contributed by atoms with E-state index in [1.165, 1.54) is 33.1 Å². The lowest BCUT2D eigenvalue weighted by molar-refractivity contribution is -0.146. The molecule has 2 aromatic carbocycles. The number of carbonyl (C=O) groups is 2. The lowest BCUT2D eigenvalue weighted by atomic mass is 10.2. The van der Waals surface area contributed by atoms with Crippen molar-refractivity contribution in [2.75, 3.05) is 39.0 Å². The Kier molecular flexibility index (Phi) is 8.95. The summed E-state index contributed by atoms with van der Waals surface area (Å²) in [6.07, 6.45) is 0.160. The van der Waals surface area contributed by atoms with Gasteiger partial charge in [0.15, 0.2) is 18.1 Å². The molecule has 0 unspecified atom stereocenters. The van der Waals surface area contributed by atoms with Gasteiger partial charge in [0.1, 0.15) is 0 Å². The Labute approximate surface area is 178 Å². The Morgan fingerprint density at radius 3 is 2.28 bits per heavy atom. The molecular formula is C20H22ClNO6S. The van der Waals surface area contributed by atoms with Crippen molar-refractivity contribution in [3.8, 4) is 17.2 Å². The second-order valence-corrected chi connectivity index (χ2v) is 7.20. The number of carbonyl (C=O) groups excluding carboxylic acids is 2. The van der Waals surface area contributed by atoms with Gasteiger partial charge in [0.25, 0.3) is 5.91 Å². The van der Waals surface area contributed by atoms with E-state index in [1.54, 1.807) is 18.2 Å². The van der Waals surface area contributed by atoms with E-state index in [1.807, 2.05) is 18.2 Å². The van der Waals surface area contributed by atoms with Crippen LogP contribution in [0.15, 0.2) is 41.3 Å². The second-order valence-electron chi connectivity index (χ2n) is 5.65. The van der Waals surface area contributed by atoms with E-state index >= 15 is 0 Å². The van der Waals surface area contributed by atoms with Crippen molar-refractivity contribution in [3.63, 3.8) is 0 Å². The summed E-state index contributed by atoms with van der Waals surface area (Å²) in [4.78, 5) is 24.8. The van der Waals surface area contributed by atoms with E-state index in [-0.39, 0.29) is 6.42 Å². The number of halogens is 1. The first kappa shape index (κ1) is 22.7. The zero-order valence-electron chi connectivity index (χ0n) is 16.3. The number of nitrogens with one attached hydrogen (secondary N) is 1. The van der Waals surface area contributed by atoms with Crippen LogP contribution in [-0.2, 0) is 14.3 Å². The van der Waals surface area contributed by atoms with Gasteiger partial charge < -0.3 is 24.3 Å². The molecule has 0 radical (unpaired) electrons. The third kappa shape index (κ3) is 6.76. The topological polar surface area (TPSA) is 83.1 Å². The Hall–Kier alpha value is -2.58. The highest BCUT2D eigenvalue weighted by Gasteiger charge is 2.15. The maximum Gasteiger partial charge on any atom is 0.307 e. The zero-order valence-corrected chi connectivity index (χ0v) is 17.9. The van der Waals surface area contributed by atoms with Gasteiger partial charge >= 0.3 is 5.97 Å². The van der Waals surface area contributed by atoms with Gasteiger partial charge in [0.2, 0.25) is 5.75 Å². The van der Waals surface area contributed by atoms with Gasteiger partial charge in [-0.1, -0.05) is 23.7 Å². The third-order valence-electron chi connectivity index (χ3n) is 3.71. The molecule has 0 aliphatic rings. The van der Waals surface area contributed by atoms with Gasteiger partial charge in [-0.2, -0.15) is 0 Å². The predicted molar refractivity (Wildman–Crippen MR) is 112 cm³/mol. The van der Waals surface area contributed by atoms with Gasteiger partial charge in [0.05, 0.1) is 32.8 Å². The molecule has 0 bridgehead atoms. The molecule has 0 fully saturated rings. The highest BCUT2D eigenvalue weighted by atomic mass is 35.5. The number of rotatable bonds is 10.